The lowest BCUT2D eigenvalue weighted by atomic mass is 9.88. The van der Waals surface area contributed by atoms with Crippen LogP contribution in [-0.2, 0) is 4.79 Å². The Kier molecular flexibility index (Phi) is 5.84. The number of halogens is 2. The first kappa shape index (κ1) is 19.0. The van der Waals surface area contributed by atoms with Gasteiger partial charge in [0.15, 0.2) is 0 Å². The zero-order chi connectivity index (χ0) is 19.4. The predicted molar refractivity (Wildman–Crippen MR) is 98.2 cm³/mol. The van der Waals surface area contributed by atoms with Crippen molar-refractivity contribution in [2.45, 2.75) is 19.3 Å². The molecule has 1 heterocycles. The summed E-state index contributed by atoms with van der Waals surface area (Å²) in [6.45, 7) is 2.89. The van der Waals surface area contributed by atoms with Crippen molar-refractivity contribution in [2.75, 3.05) is 19.6 Å². The molecule has 0 saturated carbocycles. The summed E-state index contributed by atoms with van der Waals surface area (Å²) in [5.41, 5.74) is 0.639. The molecule has 0 radical (unpaired) electrons. The van der Waals surface area contributed by atoms with Gasteiger partial charge >= 0.3 is 0 Å². The first-order chi connectivity index (χ1) is 13.0. The molecule has 2 amide bonds. The Labute approximate surface area is 157 Å². The van der Waals surface area contributed by atoms with Crippen LogP contribution in [0.5, 0.6) is 0 Å². The number of likely N-dealkylation sites (tertiary alicyclic amines) is 1. The van der Waals surface area contributed by atoms with Gasteiger partial charge in [0.25, 0.3) is 5.91 Å². The van der Waals surface area contributed by atoms with E-state index in [1.54, 1.807) is 18.2 Å². The van der Waals surface area contributed by atoms with Crippen LogP contribution in [0.2, 0.25) is 0 Å². The van der Waals surface area contributed by atoms with Gasteiger partial charge in [-0.3, -0.25) is 9.59 Å². The second-order valence-corrected chi connectivity index (χ2v) is 6.75. The van der Waals surface area contributed by atoms with Crippen molar-refractivity contribution >= 4 is 11.8 Å². The Morgan fingerprint density at radius 3 is 2.59 bits per heavy atom. The van der Waals surface area contributed by atoms with Crippen LogP contribution in [0.15, 0.2) is 48.5 Å². The van der Waals surface area contributed by atoms with Crippen LogP contribution in [0.3, 0.4) is 0 Å². The fourth-order valence-corrected chi connectivity index (χ4v) is 3.49. The highest BCUT2D eigenvalue weighted by Crippen LogP contribution is 2.34. The summed E-state index contributed by atoms with van der Waals surface area (Å²) >= 11 is 0. The molecule has 4 nitrogen and oxygen atoms in total. The average molecular weight is 372 g/mol. The molecule has 1 aliphatic rings. The molecule has 1 aliphatic heterocycles. The smallest absolute Gasteiger partial charge is 0.256 e. The van der Waals surface area contributed by atoms with Gasteiger partial charge in [-0.15, -0.1) is 0 Å². The van der Waals surface area contributed by atoms with E-state index in [1.807, 2.05) is 6.92 Å². The largest absolute Gasteiger partial charge is 0.356 e. The molecule has 1 N–H and O–H groups in total. The highest BCUT2D eigenvalue weighted by molar-refractivity contribution is 5.95. The zero-order valence-electron chi connectivity index (χ0n) is 15.1. The standard InChI is InChI=1S/C21H22F2N2O2/c1-2-10-24-20(26)18-13-25(21(27)16-8-3-4-9-19(16)23)12-17(18)14-6-5-7-15(22)11-14/h3-9,11,17-18H,2,10,12-13H2,1H3,(H,24,26)/t17-,18-/m0/s1. The van der Waals surface area contributed by atoms with Gasteiger partial charge in [0.05, 0.1) is 11.5 Å². The van der Waals surface area contributed by atoms with E-state index in [0.29, 0.717) is 12.1 Å². The molecule has 1 fully saturated rings. The van der Waals surface area contributed by atoms with Gasteiger partial charge in [0.1, 0.15) is 11.6 Å². The van der Waals surface area contributed by atoms with Crippen molar-refractivity contribution in [1.82, 2.24) is 10.2 Å². The molecule has 0 spiro atoms. The molecular weight excluding hydrogens is 350 g/mol. The molecule has 0 unspecified atom stereocenters. The lowest BCUT2D eigenvalue weighted by Crippen LogP contribution is -2.36. The van der Waals surface area contributed by atoms with Crippen LogP contribution >= 0.6 is 0 Å². The fourth-order valence-electron chi connectivity index (χ4n) is 3.49. The van der Waals surface area contributed by atoms with Crippen LogP contribution in [0.1, 0.15) is 35.2 Å². The van der Waals surface area contributed by atoms with Crippen LogP contribution in [0.4, 0.5) is 8.78 Å². The summed E-state index contributed by atoms with van der Waals surface area (Å²) in [5, 5.41) is 2.85. The highest BCUT2D eigenvalue weighted by atomic mass is 19.1. The molecule has 2 aromatic rings. The van der Waals surface area contributed by atoms with Gasteiger partial charge in [-0.25, -0.2) is 8.78 Å². The van der Waals surface area contributed by atoms with E-state index in [9.17, 15) is 18.4 Å². The van der Waals surface area contributed by atoms with Crippen LogP contribution in [0, 0.1) is 17.6 Å². The third kappa shape index (κ3) is 4.15. The summed E-state index contributed by atoms with van der Waals surface area (Å²) in [7, 11) is 0. The van der Waals surface area contributed by atoms with Crippen molar-refractivity contribution in [3.8, 4) is 0 Å². The Morgan fingerprint density at radius 1 is 1.11 bits per heavy atom. The summed E-state index contributed by atoms with van der Waals surface area (Å²) in [6, 6.07) is 11.9. The number of amides is 2. The lowest BCUT2D eigenvalue weighted by molar-refractivity contribution is -0.124. The second kappa shape index (κ2) is 8.29. The molecule has 27 heavy (non-hydrogen) atoms. The van der Waals surface area contributed by atoms with Gasteiger partial charge in [0, 0.05) is 25.6 Å². The molecule has 6 heteroatoms. The van der Waals surface area contributed by atoms with Gasteiger partial charge < -0.3 is 10.2 Å². The first-order valence-electron chi connectivity index (χ1n) is 9.08. The zero-order valence-corrected chi connectivity index (χ0v) is 15.1. The van der Waals surface area contributed by atoms with Crippen LogP contribution < -0.4 is 5.32 Å². The van der Waals surface area contributed by atoms with E-state index in [0.717, 1.165) is 6.42 Å². The predicted octanol–water partition coefficient (Wildman–Crippen LogP) is 3.35. The number of hydrogen-bond acceptors (Lipinski definition) is 2. The van der Waals surface area contributed by atoms with Gasteiger partial charge in [-0.05, 0) is 36.2 Å². The minimum atomic E-state index is -0.594. The number of carbonyl (C=O) groups is 2. The third-order valence-corrected chi connectivity index (χ3v) is 4.87. The van der Waals surface area contributed by atoms with Gasteiger partial charge in [0.2, 0.25) is 5.91 Å². The van der Waals surface area contributed by atoms with E-state index >= 15 is 0 Å². The minimum Gasteiger partial charge on any atom is -0.356 e. The second-order valence-electron chi connectivity index (χ2n) is 6.75. The number of carbonyl (C=O) groups excluding carboxylic acids is 2. The van der Waals surface area contributed by atoms with E-state index in [2.05, 4.69) is 5.32 Å². The number of hydrogen-bond donors (Lipinski definition) is 1. The molecule has 0 aliphatic carbocycles. The molecule has 2 aromatic carbocycles. The fraction of sp³-hybridized carbons (Fsp3) is 0.333. The topological polar surface area (TPSA) is 49.4 Å². The quantitative estimate of drug-likeness (QED) is 0.875. The summed E-state index contributed by atoms with van der Waals surface area (Å²) in [4.78, 5) is 26.9. The summed E-state index contributed by atoms with van der Waals surface area (Å²) in [5.74, 6) is -2.46. The monoisotopic (exact) mass is 372 g/mol. The highest BCUT2D eigenvalue weighted by Gasteiger charge is 2.40. The molecule has 3 rings (SSSR count). The number of rotatable bonds is 5. The summed E-state index contributed by atoms with van der Waals surface area (Å²) < 4.78 is 27.7. The third-order valence-electron chi connectivity index (χ3n) is 4.87. The molecule has 2 atom stereocenters. The van der Waals surface area contributed by atoms with Crippen LogP contribution in [0.25, 0.3) is 0 Å². The number of nitrogens with one attached hydrogen (secondary N) is 1. The van der Waals surface area contributed by atoms with Crippen molar-refractivity contribution in [1.29, 1.82) is 0 Å². The Hall–Kier alpha value is -2.76. The van der Waals surface area contributed by atoms with Crippen molar-refractivity contribution < 1.29 is 18.4 Å². The number of benzene rings is 2. The Morgan fingerprint density at radius 2 is 1.89 bits per heavy atom. The molecule has 142 valence electrons. The van der Waals surface area contributed by atoms with E-state index in [1.165, 1.54) is 35.2 Å². The average Bonchev–Trinajstić information content (AvgIpc) is 3.11. The Bertz CT molecular complexity index is 840. The van der Waals surface area contributed by atoms with Crippen molar-refractivity contribution in [2.24, 2.45) is 5.92 Å². The minimum absolute atomic E-state index is 0.0230. The normalized spacial score (nSPS) is 19.1. The maximum atomic E-state index is 14.0. The van der Waals surface area contributed by atoms with Gasteiger partial charge in [-0.1, -0.05) is 31.2 Å². The van der Waals surface area contributed by atoms with Crippen molar-refractivity contribution in [3.63, 3.8) is 0 Å². The van der Waals surface area contributed by atoms with E-state index in [-0.39, 0.29) is 36.3 Å². The number of nitrogens with zero attached hydrogens (tertiary/aromatic N) is 1. The maximum absolute atomic E-state index is 14.0. The molecular formula is C21H22F2N2O2. The first-order valence-corrected chi connectivity index (χ1v) is 9.08. The maximum Gasteiger partial charge on any atom is 0.256 e. The van der Waals surface area contributed by atoms with Crippen LogP contribution in [-0.4, -0.2) is 36.3 Å². The molecule has 0 bridgehead atoms. The Balaban J connectivity index is 1.87. The SMILES string of the molecule is CCCNC(=O)[C@H]1CN(C(=O)c2ccccc2F)C[C@H]1c1cccc(F)c1. The van der Waals surface area contributed by atoms with Gasteiger partial charge in [-0.2, -0.15) is 0 Å². The molecule has 0 aromatic heterocycles. The van der Waals surface area contributed by atoms with Crippen molar-refractivity contribution in [3.05, 3.63) is 71.3 Å². The van der Waals surface area contributed by atoms with E-state index < -0.39 is 17.6 Å². The van der Waals surface area contributed by atoms with E-state index in [4.69, 9.17) is 0 Å². The molecule has 1 saturated heterocycles. The lowest BCUT2D eigenvalue weighted by Gasteiger charge is -2.18. The summed E-state index contributed by atoms with van der Waals surface area (Å²) in [6.07, 6.45) is 0.793.